The predicted molar refractivity (Wildman–Crippen MR) is 99.4 cm³/mol. The van der Waals surface area contributed by atoms with Crippen molar-refractivity contribution in [2.24, 2.45) is 0 Å². The molecule has 0 spiro atoms. The predicted octanol–water partition coefficient (Wildman–Crippen LogP) is 1.72. The highest BCUT2D eigenvalue weighted by atomic mass is 32.2. The van der Waals surface area contributed by atoms with Crippen LogP contribution in [0.4, 0.5) is 0 Å². The Morgan fingerprint density at radius 3 is 2.35 bits per heavy atom. The highest BCUT2D eigenvalue weighted by Gasteiger charge is 2.46. The van der Waals surface area contributed by atoms with Crippen molar-refractivity contribution in [2.45, 2.75) is 38.5 Å². The maximum absolute atomic E-state index is 12.4. The first kappa shape index (κ1) is 17.7. The van der Waals surface area contributed by atoms with E-state index in [1.165, 1.54) is 5.56 Å². The summed E-state index contributed by atoms with van der Waals surface area (Å²) < 4.78 is 30.1. The second-order valence-electron chi connectivity index (χ2n) is 7.28. The monoisotopic (exact) mass is 375 g/mol. The largest absolute Gasteiger partial charge is 0.360 e. The second kappa shape index (κ2) is 7.13. The van der Waals surface area contributed by atoms with Crippen molar-refractivity contribution in [2.75, 3.05) is 24.6 Å². The molecule has 140 valence electrons. The number of aryl methyl sites for hydroxylation is 1. The SMILES string of the molecule is CCc1cc(CN2CCN(Cc3ccccc3)[C@@H]3CS(=O)(=O)C[C@@H]32)on1. The van der Waals surface area contributed by atoms with Crippen LogP contribution in [-0.4, -0.2) is 60.1 Å². The number of benzene rings is 1. The molecule has 0 saturated carbocycles. The van der Waals surface area contributed by atoms with Crippen molar-refractivity contribution in [3.8, 4) is 0 Å². The summed E-state index contributed by atoms with van der Waals surface area (Å²) in [5.41, 5.74) is 2.17. The number of hydrogen-bond acceptors (Lipinski definition) is 6. The lowest BCUT2D eigenvalue weighted by atomic mass is 10.0. The second-order valence-corrected chi connectivity index (χ2v) is 9.43. The third-order valence-electron chi connectivity index (χ3n) is 5.46. The Bertz CT molecular complexity index is 850. The van der Waals surface area contributed by atoms with Gasteiger partial charge in [-0.25, -0.2) is 8.42 Å². The van der Waals surface area contributed by atoms with Crippen LogP contribution >= 0.6 is 0 Å². The molecule has 4 rings (SSSR count). The molecular weight excluding hydrogens is 350 g/mol. The first-order valence-corrected chi connectivity index (χ1v) is 11.0. The summed E-state index contributed by atoms with van der Waals surface area (Å²) in [6.07, 6.45) is 0.842. The van der Waals surface area contributed by atoms with Gasteiger partial charge in [0.1, 0.15) is 0 Å². The van der Waals surface area contributed by atoms with Crippen LogP contribution in [0, 0.1) is 0 Å². The molecule has 0 unspecified atom stereocenters. The van der Waals surface area contributed by atoms with E-state index in [2.05, 4.69) is 27.1 Å². The van der Waals surface area contributed by atoms with Gasteiger partial charge in [-0.1, -0.05) is 42.4 Å². The van der Waals surface area contributed by atoms with Crippen molar-refractivity contribution < 1.29 is 12.9 Å². The number of aromatic nitrogens is 1. The molecule has 1 aromatic heterocycles. The molecule has 26 heavy (non-hydrogen) atoms. The zero-order valence-electron chi connectivity index (χ0n) is 15.0. The summed E-state index contributed by atoms with van der Waals surface area (Å²) >= 11 is 0. The summed E-state index contributed by atoms with van der Waals surface area (Å²) in [6, 6.07) is 12.3. The van der Waals surface area contributed by atoms with Crippen molar-refractivity contribution >= 4 is 9.84 Å². The van der Waals surface area contributed by atoms with Gasteiger partial charge in [0.05, 0.1) is 23.7 Å². The van der Waals surface area contributed by atoms with Crippen molar-refractivity contribution in [1.29, 1.82) is 0 Å². The van der Waals surface area contributed by atoms with Crippen LogP contribution in [0.1, 0.15) is 23.9 Å². The molecule has 6 nitrogen and oxygen atoms in total. The van der Waals surface area contributed by atoms with Crippen LogP contribution in [0.2, 0.25) is 0 Å². The van der Waals surface area contributed by atoms with Gasteiger partial charge in [0.2, 0.25) is 0 Å². The Balaban J connectivity index is 1.51. The summed E-state index contributed by atoms with van der Waals surface area (Å²) in [4.78, 5) is 4.59. The first-order valence-electron chi connectivity index (χ1n) is 9.21. The van der Waals surface area contributed by atoms with Gasteiger partial charge in [-0.2, -0.15) is 0 Å². The van der Waals surface area contributed by atoms with Gasteiger partial charge in [-0.15, -0.1) is 0 Å². The molecule has 2 aliphatic rings. The maximum atomic E-state index is 12.4. The third-order valence-corrected chi connectivity index (χ3v) is 7.16. The molecule has 0 bridgehead atoms. The number of rotatable bonds is 5. The lowest BCUT2D eigenvalue weighted by Gasteiger charge is -2.43. The van der Waals surface area contributed by atoms with Gasteiger partial charge in [0.25, 0.3) is 0 Å². The van der Waals surface area contributed by atoms with E-state index < -0.39 is 9.84 Å². The normalized spacial score (nSPS) is 26.0. The van der Waals surface area contributed by atoms with Crippen molar-refractivity contribution in [1.82, 2.24) is 15.0 Å². The average Bonchev–Trinajstić information content (AvgIpc) is 3.21. The molecule has 3 heterocycles. The molecule has 0 amide bonds. The summed E-state index contributed by atoms with van der Waals surface area (Å²) in [5, 5.41) is 4.05. The molecule has 2 aromatic rings. The molecule has 0 N–H and O–H groups in total. The lowest BCUT2D eigenvalue weighted by Crippen LogP contribution is -2.58. The van der Waals surface area contributed by atoms with Crippen molar-refractivity contribution in [3.05, 3.63) is 53.4 Å². The third kappa shape index (κ3) is 3.70. The van der Waals surface area contributed by atoms with Gasteiger partial charge in [0.15, 0.2) is 15.6 Å². The van der Waals surface area contributed by atoms with Crippen molar-refractivity contribution in [3.63, 3.8) is 0 Å². The highest BCUT2D eigenvalue weighted by molar-refractivity contribution is 7.91. The van der Waals surface area contributed by atoms with E-state index in [9.17, 15) is 8.42 Å². The minimum Gasteiger partial charge on any atom is -0.360 e. The fraction of sp³-hybridized carbons (Fsp3) is 0.526. The molecule has 2 saturated heterocycles. The molecule has 0 radical (unpaired) electrons. The van der Waals surface area contributed by atoms with Gasteiger partial charge in [-0.3, -0.25) is 9.80 Å². The quantitative estimate of drug-likeness (QED) is 0.793. The first-order chi connectivity index (χ1) is 12.5. The minimum atomic E-state index is -3.01. The minimum absolute atomic E-state index is 0.0210. The number of hydrogen-bond donors (Lipinski definition) is 0. The Hall–Kier alpha value is -1.70. The Kier molecular flexibility index (Phi) is 4.86. The van der Waals surface area contributed by atoms with E-state index in [0.29, 0.717) is 6.54 Å². The smallest absolute Gasteiger partial charge is 0.153 e. The van der Waals surface area contributed by atoms with E-state index in [1.54, 1.807) is 0 Å². The zero-order chi connectivity index (χ0) is 18.1. The molecular formula is C19H25N3O3S. The van der Waals surface area contributed by atoms with E-state index >= 15 is 0 Å². The fourth-order valence-corrected chi connectivity index (χ4v) is 6.15. The van der Waals surface area contributed by atoms with E-state index in [0.717, 1.165) is 37.5 Å². The molecule has 2 fully saturated rings. The highest BCUT2D eigenvalue weighted by Crippen LogP contribution is 2.29. The van der Waals surface area contributed by atoms with Gasteiger partial charge >= 0.3 is 0 Å². The van der Waals surface area contributed by atoms with Crippen LogP contribution < -0.4 is 0 Å². The van der Waals surface area contributed by atoms with Gasteiger partial charge < -0.3 is 4.52 Å². The van der Waals surface area contributed by atoms with Crippen LogP contribution in [-0.2, 0) is 29.3 Å². The number of sulfone groups is 1. The molecule has 1 aromatic carbocycles. The van der Waals surface area contributed by atoms with E-state index in [4.69, 9.17) is 4.52 Å². The van der Waals surface area contributed by atoms with Crippen LogP contribution in [0.3, 0.4) is 0 Å². The fourth-order valence-electron chi connectivity index (χ4n) is 4.10. The summed E-state index contributed by atoms with van der Waals surface area (Å²) in [7, 11) is -3.01. The molecule has 7 heteroatoms. The van der Waals surface area contributed by atoms with Crippen LogP contribution in [0.25, 0.3) is 0 Å². The van der Waals surface area contributed by atoms with Gasteiger partial charge in [0, 0.05) is 37.8 Å². The maximum Gasteiger partial charge on any atom is 0.153 e. The number of piperazine rings is 1. The molecule has 2 atom stereocenters. The topological polar surface area (TPSA) is 66.7 Å². The number of fused-ring (bicyclic) bond motifs is 1. The van der Waals surface area contributed by atoms with E-state index in [1.807, 2.05) is 31.2 Å². The van der Waals surface area contributed by atoms with Gasteiger partial charge in [-0.05, 0) is 12.0 Å². The Morgan fingerprint density at radius 1 is 1.08 bits per heavy atom. The standard InChI is InChI=1S/C19H25N3O3S/c1-2-16-10-17(25-20-16)12-22-9-8-21(11-15-6-4-3-5-7-15)18-13-26(23,24)14-19(18)22/h3-7,10,18-19H,2,8-9,11-14H2,1H3/t18-,19+/m1/s1. The summed E-state index contributed by atoms with van der Waals surface area (Å²) in [6.45, 7) is 5.17. The zero-order valence-corrected chi connectivity index (χ0v) is 15.9. The number of nitrogens with zero attached hydrogens (tertiary/aromatic N) is 3. The Morgan fingerprint density at radius 2 is 1.73 bits per heavy atom. The van der Waals surface area contributed by atoms with Crippen LogP contribution in [0.15, 0.2) is 40.9 Å². The van der Waals surface area contributed by atoms with Crippen LogP contribution in [0.5, 0.6) is 0 Å². The lowest BCUT2D eigenvalue weighted by molar-refractivity contribution is 0.0306. The molecule has 0 aliphatic carbocycles. The Labute approximate surface area is 154 Å². The van der Waals surface area contributed by atoms with E-state index in [-0.39, 0.29) is 23.6 Å². The summed E-state index contributed by atoms with van der Waals surface area (Å²) in [5.74, 6) is 1.30. The molecule has 2 aliphatic heterocycles. The average molecular weight is 375 g/mol.